The van der Waals surface area contributed by atoms with Crippen molar-refractivity contribution in [2.24, 2.45) is 0 Å². The summed E-state index contributed by atoms with van der Waals surface area (Å²) in [6, 6.07) is 5.85. The maximum absolute atomic E-state index is 14.1. The Morgan fingerprint density at radius 3 is 2.50 bits per heavy atom. The number of anilines is 1. The number of carbonyl (C=O) groups is 1. The molecule has 4 nitrogen and oxygen atoms in total. The molecule has 1 aromatic carbocycles. The third-order valence-corrected chi connectivity index (χ3v) is 5.05. The van der Waals surface area contributed by atoms with Crippen LogP contribution in [0.5, 0.6) is 0 Å². The highest BCUT2D eigenvalue weighted by molar-refractivity contribution is 5.85. The molecule has 3 rings (SSSR count). The molecule has 0 aromatic heterocycles. The van der Waals surface area contributed by atoms with Gasteiger partial charge in [-0.3, -0.25) is 4.79 Å². The summed E-state index contributed by atoms with van der Waals surface area (Å²) in [4.78, 5) is 13.8. The van der Waals surface area contributed by atoms with Crippen LogP contribution < -0.4 is 10.2 Å². The Balaban J connectivity index is 1.54. The second-order valence-corrected chi connectivity index (χ2v) is 6.67. The first-order chi connectivity index (χ1) is 11.3. The van der Waals surface area contributed by atoms with E-state index < -0.39 is 17.4 Å². The van der Waals surface area contributed by atoms with Gasteiger partial charge in [-0.2, -0.15) is 8.78 Å². The van der Waals surface area contributed by atoms with Crippen molar-refractivity contribution >= 4 is 11.6 Å². The quantitative estimate of drug-likeness (QED) is 0.884. The Kier molecular flexibility index (Phi) is 4.46. The summed E-state index contributed by atoms with van der Waals surface area (Å²) in [5.41, 5.74) is -1.45. The molecule has 0 bridgehead atoms. The van der Waals surface area contributed by atoms with Crippen LogP contribution in [-0.2, 0) is 4.79 Å². The lowest BCUT2D eigenvalue weighted by atomic mass is 9.75. The maximum atomic E-state index is 14.1. The topological polar surface area (TPSA) is 52.6 Å². The number of rotatable bonds is 4. The Bertz CT molecular complexity index is 612. The summed E-state index contributed by atoms with van der Waals surface area (Å²) < 4.78 is 41.4. The largest absolute Gasteiger partial charge is 0.383 e. The van der Waals surface area contributed by atoms with Crippen molar-refractivity contribution in [3.05, 3.63) is 30.1 Å². The zero-order valence-electron chi connectivity index (χ0n) is 13.3. The van der Waals surface area contributed by atoms with Crippen molar-refractivity contribution in [3.8, 4) is 0 Å². The molecule has 0 unspecified atom stereocenters. The van der Waals surface area contributed by atoms with Crippen LogP contribution in [0.1, 0.15) is 32.1 Å². The predicted octanol–water partition coefficient (Wildman–Crippen LogP) is 2.46. The van der Waals surface area contributed by atoms with Gasteiger partial charge >= 0.3 is 5.92 Å². The molecule has 7 heteroatoms. The minimum absolute atomic E-state index is 0.0502. The molecule has 0 atom stereocenters. The molecule has 1 aromatic rings. The molecule has 132 valence electrons. The van der Waals surface area contributed by atoms with Crippen LogP contribution in [0.4, 0.5) is 18.9 Å². The lowest BCUT2D eigenvalue weighted by Gasteiger charge is -2.42. The van der Waals surface area contributed by atoms with Gasteiger partial charge in [-0.1, -0.05) is 6.07 Å². The number of benzene rings is 1. The number of hydrogen-bond acceptors (Lipinski definition) is 3. The van der Waals surface area contributed by atoms with Gasteiger partial charge in [0.15, 0.2) is 0 Å². The van der Waals surface area contributed by atoms with E-state index in [1.165, 1.54) is 12.1 Å². The molecule has 1 saturated carbocycles. The van der Waals surface area contributed by atoms with Gasteiger partial charge in [0.2, 0.25) is 0 Å². The van der Waals surface area contributed by atoms with Crippen LogP contribution in [0.3, 0.4) is 0 Å². The van der Waals surface area contributed by atoms with Crippen molar-refractivity contribution in [1.82, 2.24) is 5.32 Å². The molecule has 24 heavy (non-hydrogen) atoms. The fraction of sp³-hybridized carbons (Fsp3) is 0.588. The van der Waals surface area contributed by atoms with Gasteiger partial charge < -0.3 is 15.3 Å². The Hall–Kier alpha value is -1.76. The zero-order chi connectivity index (χ0) is 17.4. The lowest BCUT2D eigenvalue weighted by molar-refractivity contribution is -0.216. The van der Waals surface area contributed by atoms with E-state index in [9.17, 15) is 23.1 Å². The van der Waals surface area contributed by atoms with Crippen molar-refractivity contribution in [3.63, 3.8) is 0 Å². The summed E-state index contributed by atoms with van der Waals surface area (Å²) >= 11 is 0. The SMILES string of the molecule is O=C(NC1CCN(c2cccc(F)c2)CC1)C(F)(F)C1(O)CCC1. The van der Waals surface area contributed by atoms with Gasteiger partial charge in [0.25, 0.3) is 5.91 Å². The molecule has 1 saturated heterocycles. The second kappa shape index (κ2) is 6.27. The van der Waals surface area contributed by atoms with Gasteiger partial charge in [0.1, 0.15) is 11.4 Å². The molecule has 2 aliphatic rings. The van der Waals surface area contributed by atoms with Gasteiger partial charge in [-0.15, -0.1) is 0 Å². The first-order valence-corrected chi connectivity index (χ1v) is 8.23. The zero-order valence-corrected chi connectivity index (χ0v) is 13.3. The van der Waals surface area contributed by atoms with E-state index >= 15 is 0 Å². The second-order valence-electron chi connectivity index (χ2n) is 6.67. The smallest absolute Gasteiger partial charge is 0.352 e. The lowest BCUT2D eigenvalue weighted by Crippen LogP contribution is -2.62. The number of nitrogens with one attached hydrogen (secondary N) is 1. The fourth-order valence-electron chi connectivity index (χ4n) is 3.27. The minimum atomic E-state index is -3.76. The summed E-state index contributed by atoms with van der Waals surface area (Å²) in [5, 5.41) is 12.2. The number of carbonyl (C=O) groups excluding carboxylic acids is 1. The van der Waals surface area contributed by atoms with Gasteiger partial charge in [0, 0.05) is 24.8 Å². The summed E-state index contributed by atoms with van der Waals surface area (Å²) in [5.74, 6) is -5.48. The fourth-order valence-corrected chi connectivity index (χ4v) is 3.27. The van der Waals surface area contributed by atoms with Crippen LogP contribution >= 0.6 is 0 Å². The average Bonchev–Trinajstić information content (AvgIpc) is 2.53. The number of hydrogen-bond donors (Lipinski definition) is 2. The molecule has 1 amide bonds. The highest BCUT2D eigenvalue weighted by Gasteiger charge is 2.61. The summed E-state index contributed by atoms with van der Waals surface area (Å²) in [7, 11) is 0. The number of aliphatic hydroxyl groups is 1. The molecular weight excluding hydrogens is 321 g/mol. The predicted molar refractivity (Wildman–Crippen MR) is 83.5 cm³/mol. The van der Waals surface area contributed by atoms with Gasteiger partial charge in [0.05, 0.1) is 0 Å². The van der Waals surface area contributed by atoms with Crippen LogP contribution in [0.15, 0.2) is 24.3 Å². The highest BCUT2D eigenvalue weighted by atomic mass is 19.3. The molecule has 1 aliphatic carbocycles. The van der Waals surface area contributed by atoms with Crippen molar-refractivity contribution in [1.29, 1.82) is 0 Å². The summed E-state index contributed by atoms with van der Waals surface area (Å²) in [6.45, 7) is 1.09. The van der Waals surface area contributed by atoms with E-state index in [1.807, 2.05) is 4.90 Å². The first-order valence-electron chi connectivity index (χ1n) is 8.23. The van der Waals surface area contributed by atoms with E-state index in [2.05, 4.69) is 5.32 Å². The van der Waals surface area contributed by atoms with E-state index in [-0.39, 0.29) is 24.7 Å². The molecule has 2 N–H and O–H groups in total. The number of alkyl halides is 2. The Labute approximate surface area is 138 Å². The molecule has 0 spiro atoms. The van der Waals surface area contributed by atoms with Crippen LogP contribution in [-0.4, -0.2) is 41.7 Å². The van der Waals surface area contributed by atoms with Crippen LogP contribution in [0, 0.1) is 5.82 Å². The van der Waals surface area contributed by atoms with E-state index in [0.717, 1.165) is 5.69 Å². The highest BCUT2D eigenvalue weighted by Crippen LogP contribution is 2.44. The molecule has 1 heterocycles. The van der Waals surface area contributed by atoms with Crippen molar-refractivity contribution in [2.75, 3.05) is 18.0 Å². The number of halogens is 3. The van der Waals surface area contributed by atoms with Crippen LogP contribution in [0.25, 0.3) is 0 Å². The monoisotopic (exact) mass is 342 g/mol. The van der Waals surface area contributed by atoms with Crippen molar-refractivity contribution in [2.45, 2.75) is 49.7 Å². The first kappa shape index (κ1) is 17.1. The Morgan fingerprint density at radius 2 is 1.96 bits per heavy atom. The molecular formula is C17H21F3N2O2. The van der Waals surface area contributed by atoms with Crippen LogP contribution in [0.2, 0.25) is 0 Å². The molecule has 0 radical (unpaired) electrons. The molecule has 1 aliphatic heterocycles. The maximum Gasteiger partial charge on any atom is 0.352 e. The normalized spacial score (nSPS) is 21.2. The minimum Gasteiger partial charge on any atom is -0.383 e. The standard InChI is InChI=1S/C17H21F3N2O2/c18-12-3-1-4-14(11-12)22-9-5-13(6-10-22)21-15(23)17(19,20)16(24)7-2-8-16/h1,3-4,11,13,24H,2,5-10H2,(H,21,23). The molecule has 2 fully saturated rings. The van der Waals surface area contributed by atoms with E-state index in [4.69, 9.17) is 0 Å². The van der Waals surface area contributed by atoms with Crippen molar-refractivity contribution < 1.29 is 23.1 Å². The number of nitrogens with zero attached hydrogens (tertiary/aromatic N) is 1. The van der Waals surface area contributed by atoms with E-state index in [0.29, 0.717) is 32.4 Å². The third kappa shape index (κ3) is 3.09. The summed E-state index contributed by atoms with van der Waals surface area (Å²) in [6.07, 6.45) is 1.40. The number of piperidine rings is 1. The Morgan fingerprint density at radius 1 is 1.29 bits per heavy atom. The number of amides is 1. The average molecular weight is 342 g/mol. The third-order valence-electron chi connectivity index (χ3n) is 5.05. The van der Waals surface area contributed by atoms with Gasteiger partial charge in [-0.25, -0.2) is 4.39 Å². The van der Waals surface area contributed by atoms with E-state index in [1.54, 1.807) is 12.1 Å². The van der Waals surface area contributed by atoms with Gasteiger partial charge in [-0.05, 0) is 50.3 Å².